The summed E-state index contributed by atoms with van der Waals surface area (Å²) in [6, 6.07) is 0.846. The van der Waals surface area contributed by atoms with Crippen LogP contribution in [0.4, 0.5) is 0 Å². The topological polar surface area (TPSA) is 52.6 Å². The van der Waals surface area contributed by atoms with Gasteiger partial charge in [-0.2, -0.15) is 0 Å². The molecule has 0 aromatic heterocycles. The molecule has 0 bridgehead atoms. The van der Waals surface area contributed by atoms with Gasteiger partial charge >= 0.3 is 11.9 Å². The summed E-state index contributed by atoms with van der Waals surface area (Å²) in [5.41, 5.74) is 0.377. The van der Waals surface area contributed by atoms with Gasteiger partial charge in [0.05, 0.1) is 40.3 Å². The van der Waals surface area contributed by atoms with Crippen molar-refractivity contribution >= 4 is 11.9 Å². The summed E-state index contributed by atoms with van der Waals surface area (Å²) in [7, 11) is 4.94. The third-order valence-electron chi connectivity index (χ3n) is 14.5. The number of rotatable bonds is 4. The van der Waals surface area contributed by atoms with E-state index in [-0.39, 0.29) is 29.6 Å². The van der Waals surface area contributed by atoms with Crippen molar-refractivity contribution in [2.75, 3.05) is 40.3 Å². The van der Waals surface area contributed by atoms with E-state index in [0.29, 0.717) is 35.3 Å². The van der Waals surface area contributed by atoms with Crippen LogP contribution >= 0.6 is 0 Å². The summed E-state index contributed by atoms with van der Waals surface area (Å²) >= 11 is 0. The number of fused-ring (bicyclic) bond motifs is 5. The van der Waals surface area contributed by atoms with Gasteiger partial charge in [-0.3, -0.25) is 9.59 Å². The number of ether oxygens (including phenoxy) is 2. The number of hydrogen-bond donors (Lipinski definition) is 0. The Balaban J connectivity index is 1.31. The maximum atomic E-state index is 12.5. The molecule has 2 unspecified atom stereocenters. The molecule has 0 spiro atoms. The Hall–Kier alpha value is -1.14. The molecule has 0 aromatic rings. The maximum Gasteiger partial charge on any atom is 0.303 e. The Bertz CT molecular complexity index is 1000. The van der Waals surface area contributed by atoms with Crippen LogP contribution in [-0.4, -0.2) is 85.5 Å². The summed E-state index contributed by atoms with van der Waals surface area (Å²) < 4.78 is 14.7. The molecule has 10 atom stereocenters. The largest absolute Gasteiger partial charge is 0.456 e. The molecule has 0 N–H and O–H groups in total. The fourth-order valence-corrected chi connectivity index (χ4v) is 12.3. The minimum absolute atomic E-state index is 0.0462. The number of piperidine rings is 2. The number of esters is 2. The van der Waals surface area contributed by atoms with Crippen molar-refractivity contribution in [1.29, 1.82) is 0 Å². The van der Waals surface area contributed by atoms with E-state index in [4.69, 9.17) is 9.47 Å². The molecule has 2 heterocycles. The highest BCUT2D eigenvalue weighted by molar-refractivity contribution is 5.66. The summed E-state index contributed by atoms with van der Waals surface area (Å²) in [5, 5.41) is 0. The van der Waals surface area contributed by atoms with Gasteiger partial charge in [-0.25, -0.2) is 0 Å². The molecule has 2 saturated heterocycles. The van der Waals surface area contributed by atoms with Crippen LogP contribution in [0.2, 0.25) is 0 Å². The van der Waals surface area contributed by atoms with Crippen molar-refractivity contribution in [1.82, 2.24) is 0 Å². The van der Waals surface area contributed by atoms with E-state index >= 15 is 0 Å². The fraction of sp³-hybridized carbons (Fsp3) is 0.943. The lowest BCUT2D eigenvalue weighted by atomic mass is 9.44. The zero-order valence-corrected chi connectivity index (χ0v) is 27.2. The third kappa shape index (κ3) is 4.99. The van der Waals surface area contributed by atoms with E-state index in [1.54, 1.807) is 13.8 Å². The van der Waals surface area contributed by atoms with Gasteiger partial charge in [0.25, 0.3) is 0 Å². The predicted octanol–water partition coefficient (Wildman–Crippen LogP) is 6.11. The van der Waals surface area contributed by atoms with Crippen LogP contribution in [-0.2, 0) is 19.1 Å². The van der Waals surface area contributed by atoms with Gasteiger partial charge in [0.15, 0.2) is 12.2 Å². The first-order chi connectivity index (χ1) is 19.4. The van der Waals surface area contributed by atoms with Crippen LogP contribution < -0.4 is 0 Å². The van der Waals surface area contributed by atoms with Crippen LogP contribution in [0.3, 0.4) is 0 Å². The van der Waals surface area contributed by atoms with Crippen molar-refractivity contribution < 1.29 is 28.0 Å². The van der Waals surface area contributed by atoms with Crippen LogP contribution in [0.5, 0.6) is 0 Å². The molecule has 6 fully saturated rings. The molecule has 0 amide bonds. The normalized spacial score (nSPS) is 46.9. The first-order valence-electron chi connectivity index (χ1n) is 17.4. The van der Waals surface area contributed by atoms with Crippen molar-refractivity contribution in [3.05, 3.63) is 0 Å². The Morgan fingerprint density at radius 2 is 1.27 bits per heavy atom. The molecule has 2 aliphatic heterocycles. The van der Waals surface area contributed by atoms with Crippen LogP contribution in [0.1, 0.15) is 111 Å². The molecule has 4 aliphatic carbocycles. The van der Waals surface area contributed by atoms with Gasteiger partial charge in [0.1, 0.15) is 12.1 Å². The second-order valence-electron chi connectivity index (χ2n) is 16.7. The molecule has 6 heteroatoms. The van der Waals surface area contributed by atoms with Gasteiger partial charge in [-0.1, -0.05) is 13.8 Å². The molecule has 0 radical (unpaired) electrons. The minimum atomic E-state index is -0.0998. The molecule has 6 nitrogen and oxygen atoms in total. The van der Waals surface area contributed by atoms with Crippen molar-refractivity contribution in [2.24, 2.45) is 34.5 Å². The van der Waals surface area contributed by atoms with E-state index in [1.165, 1.54) is 103 Å². The molecule has 41 heavy (non-hydrogen) atoms. The highest BCUT2D eigenvalue weighted by Crippen LogP contribution is 2.68. The summed E-state index contributed by atoms with van der Waals surface area (Å²) in [4.78, 5) is 24.8. The van der Waals surface area contributed by atoms with E-state index in [2.05, 4.69) is 27.9 Å². The molecular weight excluding hydrogens is 512 g/mol. The smallest absolute Gasteiger partial charge is 0.303 e. The third-order valence-corrected chi connectivity index (χ3v) is 14.5. The monoisotopic (exact) mass is 572 g/mol. The van der Waals surface area contributed by atoms with Crippen molar-refractivity contribution in [2.45, 2.75) is 135 Å². The lowest BCUT2D eigenvalue weighted by molar-refractivity contribution is -0.943. The van der Waals surface area contributed by atoms with Crippen LogP contribution in [0, 0.1) is 34.5 Å². The van der Waals surface area contributed by atoms with Gasteiger partial charge in [0, 0.05) is 32.1 Å². The maximum absolute atomic E-state index is 12.5. The van der Waals surface area contributed by atoms with E-state index in [0.717, 1.165) is 21.3 Å². The number of likely N-dealkylation sites (N-methyl/N-ethyl adjacent to an activating group) is 2. The Kier molecular flexibility index (Phi) is 7.87. The SMILES string of the molecule is CC(=O)O[C@H]1C[C@@H]2CC[C@@H]3[C@H](CCC4(C)[C@H]3C[C@H]([N+]3(C)CCCCC3)[C@@H]4OC(C)=O)C2(C)C[C@@H]1[N+]1(C)CCCCC1. The fourth-order valence-electron chi connectivity index (χ4n) is 12.3. The molecule has 4 saturated carbocycles. The van der Waals surface area contributed by atoms with E-state index < -0.39 is 0 Å². The molecule has 232 valence electrons. The zero-order valence-electron chi connectivity index (χ0n) is 27.2. The summed E-state index contributed by atoms with van der Waals surface area (Å²) in [5.74, 6) is 2.52. The lowest BCUT2D eigenvalue weighted by Crippen LogP contribution is -2.66. The van der Waals surface area contributed by atoms with E-state index in [9.17, 15) is 9.59 Å². The van der Waals surface area contributed by atoms with Crippen molar-refractivity contribution in [3.63, 3.8) is 0 Å². The van der Waals surface area contributed by atoms with Crippen molar-refractivity contribution in [3.8, 4) is 0 Å². The summed E-state index contributed by atoms with van der Waals surface area (Å²) in [6.07, 6.45) is 16.4. The predicted molar refractivity (Wildman–Crippen MR) is 161 cm³/mol. The van der Waals surface area contributed by atoms with E-state index in [1.807, 2.05) is 0 Å². The second kappa shape index (κ2) is 10.8. The van der Waals surface area contributed by atoms with Gasteiger partial charge in [0.2, 0.25) is 0 Å². The Morgan fingerprint density at radius 3 is 1.85 bits per heavy atom. The first-order valence-corrected chi connectivity index (χ1v) is 17.4. The van der Waals surface area contributed by atoms with Gasteiger partial charge in [-0.15, -0.1) is 0 Å². The first kappa shape index (κ1) is 29.9. The lowest BCUT2D eigenvalue weighted by Gasteiger charge is -2.63. The van der Waals surface area contributed by atoms with Crippen LogP contribution in [0.25, 0.3) is 0 Å². The number of likely N-dealkylation sites (tertiary alicyclic amines) is 2. The number of carbonyl (C=O) groups excluding carboxylic acids is 2. The van der Waals surface area contributed by atoms with Gasteiger partial charge < -0.3 is 18.4 Å². The highest BCUT2D eigenvalue weighted by Gasteiger charge is 2.68. The Labute approximate surface area is 250 Å². The molecular formula is C35H60N2O4+2. The van der Waals surface area contributed by atoms with Crippen LogP contribution in [0.15, 0.2) is 0 Å². The average molecular weight is 573 g/mol. The minimum Gasteiger partial charge on any atom is -0.456 e. The number of quaternary nitrogens is 2. The van der Waals surface area contributed by atoms with Gasteiger partial charge in [-0.05, 0) is 99.7 Å². The second-order valence-corrected chi connectivity index (χ2v) is 16.7. The molecule has 0 aromatic carbocycles. The number of nitrogens with zero attached hydrogens (tertiary/aromatic N) is 2. The number of hydrogen-bond acceptors (Lipinski definition) is 4. The zero-order chi connectivity index (χ0) is 29.2. The molecule has 6 rings (SSSR count). The quantitative estimate of drug-likeness (QED) is 0.301. The number of carbonyl (C=O) groups is 2. The standard InChI is InChI=1S/C35H60N2O4/c1-24(38)40-32-21-26-13-14-27-28(35(26,4)23-31(32)37(6)19-11-8-12-20-37)15-16-34(3)29(27)22-30(33(34)41-25(2)39)36(5)17-9-7-10-18-36/h26-33H,7-23H2,1-6H3/q+2/t26-,27+,28-,29-,30-,31-,32-,33-,34?,35?/m0/s1. The average Bonchev–Trinajstić information content (AvgIpc) is 3.21. The molecule has 6 aliphatic rings. The Morgan fingerprint density at radius 1 is 0.683 bits per heavy atom. The highest BCUT2D eigenvalue weighted by atomic mass is 16.5. The summed E-state index contributed by atoms with van der Waals surface area (Å²) in [6.45, 7) is 13.3.